The van der Waals surface area contributed by atoms with Gasteiger partial charge in [0.2, 0.25) is 0 Å². The Hall–Kier alpha value is -1.23. The summed E-state index contributed by atoms with van der Waals surface area (Å²) in [5.41, 5.74) is 1.20. The van der Waals surface area contributed by atoms with Crippen LogP contribution in [0.1, 0.15) is 19.4 Å². The van der Waals surface area contributed by atoms with Gasteiger partial charge < -0.3 is 14.3 Å². The van der Waals surface area contributed by atoms with Crippen molar-refractivity contribution in [2.24, 2.45) is 0 Å². The number of rotatable bonds is 3. The van der Waals surface area contributed by atoms with Crippen LogP contribution in [0.3, 0.4) is 0 Å². The van der Waals surface area contributed by atoms with Crippen molar-refractivity contribution in [1.82, 2.24) is 4.90 Å². The summed E-state index contributed by atoms with van der Waals surface area (Å²) in [6.45, 7) is 5.29. The fraction of sp³-hybridized carbons (Fsp3) is 0.533. The van der Waals surface area contributed by atoms with E-state index >= 15 is 0 Å². The average molecular weight is 261 g/mol. The molecule has 0 aliphatic carbocycles. The Morgan fingerprint density at radius 3 is 2.74 bits per heavy atom. The van der Waals surface area contributed by atoms with E-state index in [4.69, 9.17) is 9.47 Å². The lowest BCUT2D eigenvalue weighted by Crippen LogP contribution is -2.39. The van der Waals surface area contributed by atoms with E-state index in [9.17, 15) is 4.79 Å². The predicted molar refractivity (Wildman–Crippen MR) is 70.5 cm³/mol. The lowest BCUT2D eigenvalue weighted by atomic mass is 10.1. The smallest absolute Gasteiger partial charge is 0.163 e. The Bertz CT molecular complexity index is 460. The van der Waals surface area contributed by atoms with Crippen LogP contribution in [0, 0.1) is 0 Å². The van der Waals surface area contributed by atoms with Crippen LogP contribution in [-0.4, -0.2) is 41.8 Å². The third kappa shape index (κ3) is 2.43. The van der Waals surface area contributed by atoms with Crippen molar-refractivity contribution >= 4 is 6.29 Å². The molecule has 0 aromatic heterocycles. The van der Waals surface area contributed by atoms with Crippen molar-refractivity contribution in [2.45, 2.75) is 44.4 Å². The van der Waals surface area contributed by atoms with Crippen molar-refractivity contribution in [3.63, 3.8) is 0 Å². The topological polar surface area (TPSA) is 38.8 Å². The van der Waals surface area contributed by atoms with Crippen molar-refractivity contribution < 1.29 is 14.3 Å². The maximum Gasteiger partial charge on any atom is 0.163 e. The molecule has 2 fully saturated rings. The van der Waals surface area contributed by atoms with Crippen LogP contribution in [-0.2, 0) is 20.8 Å². The van der Waals surface area contributed by atoms with Gasteiger partial charge in [0.25, 0.3) is 0 Å². The van der Waals surface area contributed by atoms with E-state index in [-0.39, 0.29) is 18.2 Å². The fourth-order valence-electron chi connectivity index (χ4n) is 3.01. The van der Waals surface area contributed by atoms with Crippen LogP contribution < -0.4 is 0 Å². The number of carbonyl (C=O) groups is 1. The quantitative estimate of drug-likeness (QED) is 0.775. The highest BCUT2D eigenvalue weighted by atomic mass is 16.8. The highest BCUT2D eigenvalue weighted by Crippen LogP contribution is 2.36. The Morgan fingerprint density at radius 2 is 2.05 bits per heavy atom. The Kier molecular flexibility index (Phi) is 3.17. The van der Waals surface area contributed by atoms with Crippen LogP contribution in [0.25, 0.3) is 0 Å². The second kappa shape index (κ2) is 4.71. The van der Waals surface area contributed by atoms with E-state index in [1.807, 2.05) is 32.0 Å². The minimum Gasteiger partial charge on any atom is -0.343 e. The van der Waals surface area contributed by atoms with Crippen LogP contribution in [0.4, 0.5) is 0 Å². The van der Waals surface area contributed by atoms with Gasteiger partial charge in [0.05, 0.1) is 6.04 Å². The maximum absolute atomic E-state index is 11.4. The summed E-state index contributed by atoms with van der Waals surface area (Å²) < 4.78 is 11.7. The van der Waals surface area contributed by atoms with Gasteiger partial charge in [-0.1, -0.05) is 30.3 Å². The van der Waals surface area contributed by atoms with Gasteiger partial charge in [0.15, 0.2) is 5.79 Å². The highest BCUT2D eigenvalue weighted by Gasteiger charge is 2.52. The molecular weight excluding hydrogens is 242 g/mol. The van der Waals surface area contributed by atoms with E-state index in [0.717, 1.165) is 19.4 Å². The third-order valence-corrected chi connectivity index (χ3v) is 3.76. The van der Waals surface area contributed by atoms with Crippen molar-refractivity contribution in [2.75, 3.05) is 6.54 Å². The van der Waals surface area contributed by atoms with Crippen LogP contribution >= 0.6 is 0 Å². The second-order valence-electron chi connectivity index (χ2n) is 5.68. The maximum atomic E-state index is 11.4. The molecule has 0 saturated carbocycles. The summed E-state index contributed by atoms with van der Waals surface area (Å²) in [6.07, 6.45) is 0.836. The molecule has 2 saturated heterocycles. The first-order chi connectivity index (χ1) is 9.09. The summed E-state index contributed by atoms with van der Waals surface area (Å²) >= 11 is 0. The van der Waals surface area contributed by atoms with Gasteiger partial charge in [-0.3, -0.25) is 4.90 Å². The predicted octanol–water partition coefficient (Wildman–Crippen LogP) is 1.59. The van der Waals surface area contributed by atoms with E-state index in [1.54, 1.807) is 0 Å². The lowest BCUT2D eigenvalue weighted by Gasteiger charge is -2.26. The van der Waals surface area contributed by atoms with Crippen molar-refractivity contribution in [1.29, 1.82) is 0 Å². The molecule has 2 heterocycles. The number of hydrogen-bond donors (Lipinski definition) is 0. The van der Waals surface area contributed by atoms with E-state index in [1.165, 1.54) is 5.56 Å². The molecule has 0 N–H and O–H groups in total. The summed E-state index contributed by atoms with van der Waals surface area (Å²) in [5, 5.41) is 0. The summed E-state index contributed by atoms with van der Waals surface area (Å²) in [6, 6.07) is 9.94. The molecule has 3 rings (SSSR count). The molecule has 0 radical (unpaired) electrons. The van der Waals surface area contributed by atoms with E-state index < -0.39 is 5.79 Å². The molecule has 3 atom stereocenters. The normalized spacial score (nSPS) is 33.3. The van der Waals surface area contributed by atoms with Gasteiger partial charge in [-0.25, -0.2) is 0 Å². The molecule has 0 unspecified atom stereocenters. The lowest BCUT2D eigenvalue weighted by molar-refractivity contribution is -0.162. The van der Waals surface area contributed by atoms with Crippen LogP contribution in [0.5, 0.6) is 0 Å². The monoisotopic (exact) mass is 261 g/mol. The molecule has 1 aromatic rings. The number of aldehydes is 1. The summed E-state index contributed by atoms with van der Waals surface area (Å²) in [7, 11) is 0. The zero-order chi connectivity index (χ0) is 13.5. The first kappa shape index (κ1) is 12.8. The average Bonchev–Trinajstić information content (AvgIpc) is 2.81. The molecule has 1 aromatic carbocycles. The molecular formula is C15H19NO3. The number of hydrogen-bond acceptors (Lipinski definition) is 4. The third-order valence-electron chi connectivity index (χ3n) is 3.76. The zero-order valence-electron chi connectivity index (χ0n) is 11.3. The molecule has 0 spiro atoms. The van der Waals surface area contributed by atoms with Crippen molar-refractivity contribution in [3.05, 3.63) is 35.9 Å². The first-order valence-electron chi connectivity index (χ1n) is 6.68. The number of ether oxygens (including phenoxy) is 2. The molecule has 0 amide bonds. The SMILES string of the molecule is CC1(C)O[C@H]2[C@@H](C=O)N(Cc3ccccc3)C[C@H]2O1. The van der Waals surface area contributed by atoms with Gasteiger partial charge in [0.1, 0.15) is 18.5 Å². The number of benzene rings is 1. The van der Waals surface area contributed by atoms with E-state index in [2.05, 4.69) is 17.0 Å². The molecule has 102 valence electrons. The number of carbonyl (C=O) groups excluding carboxylic acids is 1. The highest BCUT2D eigenvalue weighted by molar-refractivity contribution is 5.60. The fourth-order valence-corrected chi connectivity index (χ4v) is 3.01. The van der Waals surface area contributed by atoms with Gasteiger partial charge in [-0.05, 0) is 19.4 Å². The van der Waals surface area contributed by atoms with Gasteiger partial charge in [-0.15, -0.1) is 0 Å². The van der Waals surface area contributed by atoms with E-state index in [0.29, 0.717) is 0 Å². The zero-order valence-corrected chi connectivity index (χ0v) is 11.3. The molecule has 19 heavy (non-hydrogen) atoms. The summed E-state index contributed by atoms with van der Waals surface area (Å²) in [5.74, 6) is -0.574. The number of nitrogens with zero attached hydrogens (tertiary/aromatic N) is 1. The van der Waals surface area contributed by atoms with Gasteiger partial charge >= 0.3 is 0 Å². The van der Waals surface area contributed by atoms with Crippen LogP contribution in [0.2, 0.25) is 0 Å². The molecule has 2 aliphatic heterocycles. The Morgan fingerprint density at radius 1 is 1.32 bits per heavy atom. The minimum absolute atomic E-state index is 0.00564. The van der Waals surface area contributed by atoms with Gasteiger partial charge in [0, 0.05) is 13.1 Å². The molecule has 0 bridgehead atoms. The number of likely N-dealkylation sites (tertiary alicyclic amines) is 1. The minimum atomic E-state index is -0.574. The largest absolute Gasteiger partial charge is 0.343 e. The molecule has 4 heteroatoms. The summed E-state index contributed by atoms with van der Waals surface area (Å²) in [4.78, 5) is 13.5. The standard InChI is InChI=1S/C15H19NO3/c1-15(2)18-13-9-16(12(10-17)14(13)19-15)8-11-6-4-3-5-7-11/h3-7,10,12-14H,8-9H2,1-2H3/t12-,13-,14+/m1/s1. The molecule has 2 aliphatic rings. The van der Waals surface area contributed by atoms with Crippen molar-refractivity contribution in [3.8, 4) is 0 Å². The van der Waals surface area contributed by atoms with Gasteiger partial charge in [-0.2, -0.15) is 0 Å². The number of fused-ring (bicyclic) bond motifs is 1. The second-order valence-corrected chi connectivity index (χ2v) is 5.68. The first-order valence-corrected chi connectivity index (χ1v) is 6.68. The van der Waals surface area contributed by atoms with Crippen LogP contribution in [0.15, 0.2) is 30.3 Å². The Balaban J connectivity index is 1.74. The molecule has 4 nitrogen and oxygen atoms in total. The Labute approximate surface area is 113 Å².